The fourth-order valence-corrected chi connectivity index (χ4v) is 3.18. The molecule has 1 saturated heterocycles. The van der Waals surface area contributed by atoms with Gasteiger partial charge < -0.3 is 15.5 Å². The summed E-state index contributed by atoms with van der Waals surface area (Å²) in [7, 11) is 4.12. The number of likely N-dealkylation sites (N-methyl/N-ethyl adjacent to an activating group) is 2. The third kappa shape index (κ3) is 3.34. The van der Waals surface area contributed by atoms with Crippen molar-refractivity contribution in [1.82, 2.24) is 9.80 Å². The summed E-state index contributed by atoms with van der Waals surface area (Å²) in [5.41, 5.74) is 6.81. The summed E-state index contributed by atoms with van der Waals surface area (Å²) in [4.78, 5) is 4.45. The molecule has 6 heteroatoms. The first-order chi connectivity index (χ1) is 9.41. The van der Waals surface area contributed by atoms with Gasteiger partial charge in [0.25, 0.3) is 0 Å². The molecule has 112 valence electrons. The summed E-state index contributed by atoms with van der Waals surface area (Å²) in [5.74, 6) is -0.422. The van der Waals surface area contributed by atoms with Crippen molar-refractivity contribution in [2.75, 3.05) is 33.7 Å². The van der Waals surface area contributed by atoms with Gasteiger partial charge in [-0.25, -0.2) is 4.39 Å². The summed E-state index contributed by atoms with van der Waals surface area (Å²) in [5, 5.41) is 0.0996. The smallest absolute Gasteiger partial charge is 0.147 e. The molecule has 0 radical (unpaired) electrons. The fraction of sp³-hybridized carbons (Fsp3) is 0.571. The molecular formula is C14H20BrClFN3. The van der Waals surface area contributed by atoms with Crippen molar-refractivity contribution >= 4 is 27.5 Å². The molecule has 2 rings (SSSR count). The molecule has 0 bridgehead atoms. The molecule has 1 heterocycles. The maximum absolute atomic E-state index is 14.3. The van der Waals surface area contributed by atoms with E-state index in [0.717, 1.165) is 26.1 Å². The number of hydrogen-bond donors (Lipinski definition) is 1. The summed E-state index contributed by atoms with van der Waals surface area (Å²) in [6.07, 6.45) is 1.10. The Kier molecular flexibility index (Phi) is 5.42. The maximum Gasteiger partial charge on any atom is 0.147 e. The summed E-state index contributed by atoms with van der Waals surface area (Å²) in [6, 6.07) is 3.15. The SMILES string of the molecule is CN1CCCN(C)C(C(N)c2ccc(Br)c(Cl)c2F)C1. The van der Waals surface area contributed by atoms with Crippen LogP contribution in [0.2, 0.25) is 5.02 Å². The summed E-state index contributed by atoms with van der Waals surface area (Å²) in [6.45, 7) is 2.83. The van der Waals surface area contributed by atoms with Crippen LogP contribution in [0.5, 0.6) is 0 Å². The topological polar surface area (TPSA) is 32.5 Å². The minimum absolute atomic E-state index is 0.0780. The van der Waals surface area contributed by atoms with Gasteiger partial charge in [0, 0.05) is 28.7 Å². The van der Waals surface area contributed by atoms with Gasteiger partial charge in [0.15, 0.2) is 0 Å². The second kappa shape index (κ2) is 6.71. The quantitative estimate of drug-likeness (QED) is 0.819. The van der Waals surface area contributed by atoms with E-state index in [9.17, 15) is 4.39 Å². The van der Waals surface area contributed by atoms with Gasteiger partial charge in [0.2, 0.25) is 0 Å². The van der Waals surface area contributed by atoms with Crippen molar-refractivity contribution in [2.45, 2.75) is 18.5 Å². The van der Waals surface area contributed by atoms with Crippen LogP contribution >= 0.6 is 27.5 Å². The number of benzene rings is 1. The Hall–Kier alpha value is -0.200. The van der Waals surface area contributed by atoms with Crippen LogP contribution in [0.1, 0.15) is 18.0 Å². The minimum atomic E-state index is -0.422. The van der Waals surface area contributed by atoms with E-state index in [2.05, 4.69) is 32.8 Å². The second-order valence-electron chi connectivity index (χ2n) is 5.45. The van der Waals surface area contributed by atoms with Crippen LogP contribution in [-0.4, -0.2) is 49.6 Å². The molecule has 1 aliphatic heterocycles. The molecule has 2 N–H and O–H groups in total. The highest BCUT2D eigenvalue weighted by Gasteiger charge is 2.29. The standard InChI is InChI=1S/C14H20BrClFN3/c1-19-6-3-7-20(2)11(8-19)14(18)9-4-5-10(15)12(16)13(9)17/h4-5,11,14H,3,6-8,18H2,1-2H3. The first-order valence-electron chi connectivity index (χ1n) is 6.69. The largest absolute Gasteiger partial charge is 0.323 e. The fourth-order valence-electron chi connectivity index (χ4n) is 2.70. The normalized spacial score (nSPS) is 23.6. The first kappa shape index (κ1) is 16.2. The zero-order valence-corrected chi connectivity index (χ0v) is 14.1. The van der Waals surface area contributed by atoms with Crippen molar-refractivity contribution in [3.63, 3.8) is 0 Å². The Morgan fingerprint density at radius 2 is 2.10 bits per heavy atom. The van der Waals surface area contributed by atoms with E-state index in [1.165, 1.54) is 0 Å². The monoisotopic (exact) mass is 363 g/mol. The Bertz CT molecular complexity index is 486. The Morgan fingerprint density at radius 3 is 2.80 bits per heavy atom. The zero-order valence-electron chi connectivity index (χ0n) is 11.7. The average molecular weight is 365 g/mol. The van der Waals surface area contributed by atoms with E-state index >= 15 is 0 Å². The van der Waals surface area contributed by atoms with Gasteiger partial charge in [-0.2, -0.15) is 0 Å². The van der Waals surface area contributed by atoms with Gasteiger partial charge in [-0.3, -0.25) is 0 Å². The number of nitrogens with two attached hydrogens (primary N) is 1. The molecule has 0 aromatic heterocycles. The van der Waals surface area contributed by atoms with Gasteiger partial charge in [-0.05, 0) is 55.6 Å². The number of rotatable bonds is 2. The van der Waals surface area contributed by atoms with Gasteiger partial charge in [0.05, 0.1) is 5.02 Å². The lowest BCUT2D eigenvalue weighted by molar-refractivity contribution is 0.194. The van der Waals surface area contributed by atoms with Crippen LogP contribution in [-0.2, 0) is 0 Å². The molecule has 2 atom stereocenters. The lowest BCUT2D eigenvalue weighted by atomic mass is 9.98. The van der Waals surface area contributed by atoms with E-state index in [-0.39, 0.29) is 11.1 Å². The van der Waals surface area contributed by atoms with Crippen molar-refractivity contribution < 1.29 is 4.39 Å². The van der Waals surface area contributed by atoms with Gasteiger partial charge >= 0.3 is 0 Å². The Labute approximate surface area is 133 Å². The molecule has 20 heavy (non-hydrogen) atoms. The van der Waals surface area contributed by atoms with Crippen LogP contribution in [0.15, 0.2) is 16.6 Å². The van der Waals surface area contributed by atoms with Crippen LogP contribution in [0.3, 0.4) is 0 Å². The van der Waals surface area contributed by atoms with Crippen LogP contribution < -0.4 is 5.73 Å². The second-order valence-corrected chi connectivity index (χ2v) is 6.69. The highest BCUT2D eigenvalue weighted by atomic mass is 79.9. The van der Waals surface area contributed by atoms with E-state index in [1.807, 2.05) is 7.05 Å². The molecule has 1 fully saturated rings. The molecule has 1 aromatic carbocycles. The Balaban J connectivity index is 2.29. The van der Waals surface area contributed by atoms with E-state index in [0.29, 0.717) is 10.0 Å². The van der Waals surface area contributed by atoms with Crippen LogP contribution in [0.4, 0.5) is 4.39 Å². The van der Waals surface area contributed by atoms with E-state index in [4.69, 9.17) is 17.3 Å². The first-order valence-corrected chi connectivity index (χ1v) is 7.86. The highest BCUT2D eigenvalue weighted by Crippen LogP contribution is 2.32. The van der Waals surface area contributed by atoms with Crippen molar-refractivity contribution in [3.05, 3.63) is 33.0 Å². The molecule has 1 aromatic rings. The predicted octanol–water partition coefficient (Wildman–Crippen LogP) is 2.88. The number of nitrogens with zero attached hydrogens (tertiary/aromatic N) is 2. The average Bonchev–Trinajstić information content (AvgIpc) is 2.57. The lowest BCUT2D eigenvalue weighted by Crippen LogP contribution is -2.45. The van der Waals surface area contributed by atoms with Crippen LogP contribution in [0.25, 0.3) is 0 Å². The molecule has 0 spiro atoms. The van der Waals surface area contributed by atoms with Gasteiger partial charge in [-0.15, -0.1) is 0 Å². The molecule has 2 unspecified atom stereocenters. The molecule has 0 saturated carbocycles. The number of hydrogen-bond acceptors (Lipinski definition) is 3. The minimum Gasteiger partial charge on any atom is -0.323 e. The van der Waals surface area contributed by atoms with Gasteiger partial charge in [0.1, 0.15) is 5.82 Å². The van der Waals surface area contributed by atoms with Crippen molar-refractivity contribution in [2.24, 2.45) is 5.73 Å². The third-order valence-electron chi connectivity index (χ3n) is 3.95. The summed E-state index contributed by atoms with van der Waals surface area (Å²) >= 11 is 9.19. The summed E-state index contributed by atoms with van der Waals surface area (Å²) < 4.78 is 14.9. The van der Waals surface area contributed by atoms with Gasteiger partial charge in [-0.1, -0.05) is 17.7 Å². The predicted molar refractivity (Wildman–Crippen MR) is 84.6 cm³/mol. The van der Waals surface area contributed by atoms with Crippen LogP contribution in [0, 0.1) is 5.82 Å². The maximum atomic E-state index is 14.3. The van der Waals surface area contributed by atoms with E-state index < -0.39 is 11.9 Å². The molecule has 0 aliphatic carbocycles. The van der Waals surface area contributed by atoms with E-state index in [1.54, 1.807) is 12.1 Å². The highest BCUT2D eigenvalue weighted by molar-refractivity contribution is 9.10. The third-order valence-corrected chi connectivity index (χ3v) is 5.21. The molecule has 1 aliphatic rings. The Morgan fingerprint density at radius 1 is 1.40 bits per heavy atom. The zero-order chi connectivity index (χ0) is 14.9. The molecular weight excluding hydrogens is 345 g/mol. The number of halogens is 3. The molecule has 0 amide bonds. The van der Waals surface area contributed by atoms with Crippen molar-refractivity contribution in [3.8, 4) is 0 Å². The lowest BCUT2D eigenvalue weighted by Gasteiger charge is -2.32. The molecule has 3 nitrogen and oxygen atoms in total. The van der Waals surface area contributed by atoms with Crippen molar-refractivity contribution in [1.29, 1.82) is 0 Å².